The van der Waals surface area contributed by atoms with E-state index >= 15 is 0 Å². The molecule has 13 nitrogen and oxygen atoms in total. The van der Waals surface area contributed by atoms with Crippen molar-refractivity contribution in [3.63, 3.8) is 0 Å². The molecule has 0 unspecified atom stereocenters. The number of hydrogen-bond donors (Lipinski definition) is 4. The third kappa shape index (κ3) is 13.8. The number of rotatable bonds is 19. The van der Waals surface area contributed by atoms with Gasteiger partial charge in [0, 0.05) is 49.7 Å². The molecule has 0 aromatic heterocycles. The number of ether oxygens (including phenoxy) is 1. The number of nitrogens with zero attached hydrogens (tertiary/aromatic N) is 1. The molecule has 0 saturated heterocycles. The van der Waals surface area contributed by atoms with Crippen molar-refractivity contribution in [3.05, 3.63) is 42.0 Å². The van der Waals surface area contributed by atoms with Gasteiger partial charge in [0.1, 0.15) is 6.61 Å². The summed E-state index contributed by atoms with van der Waals surface area (Å²) in [5.41, 5.74) is 5.77. The summed E-state index contributed by atoms with van der Waals surface area (Å²) in [7, 11) is 0. The zero-order valence-corrected chi connectivity index (χ0v) is 28.1. The van der Waals surface area contributed by atoms with E-state index in [1.54, 1.807) is 45.0 Å². The number of esters is 1. The normalized spacial score (nSPS) is 14.1. The lowest BCUT2D eigenvalue weighted by atomic mass is 9.89. The van der Waals surface area contributed by atoms with Gasteiger partial charge in [0.15, 0.2) is 5.78 Å². The van der Waals surface area contributed by atoms with Gasteiger partial charge in [0.2, 0.25) is 11.8 Å². The summed E-state index contributed by atoms with van der Waals surface area (Å²) in [5.74, 6) is -2.94. The fourth-order valence-electron chi connectivity index (χ4n) is 4.80. The fraction of sp³-hybridized carbons (Fsp3) is 0.559. The Morgan fingerprint density at radius 2 is 1.55 bits per heavy atom. The molecule has 258 valence electrons. The molecule has 0 saturated carbocycles. The number of hydrogen-bond acceptors (Lipinski definition) is 8. The molecule has 0 aliphatic carbocycles. The molecule has 47 heavy (non-hydrogen) atoms. The second-order valence-corrected chi connectivity index (χ2v) is 13.1. The van der Waals surface area contributed by atoms with Gasteiger partial charge in [-0.25, -0.2) is 4.79 Å². The Morgan fingerprint density at radius 3 is 2.13 bits per heavy atom. The van der Waals surface area contributed by atoms with Gasteiger partial charge < -0.3 is 26.4 Å². The molecule has 1 aromatic carbocycles. The van der Waals surface area contributed by atoms with Crippen molar-refractivity contribution in [2.75, 3.05) is 18.4 Å². The van der Waals surface area contributed by atoms with Gasteiger partial charge in [-0.1, -0.05) is 32.4 Å². The van der Waals surface area contributed by atoms with Crippen molar-refractivity contribution in [3.8, 4) is 0 Å². The highest BCUT2D eigenvalue weighted by molar-refractivity contribution is 6.12. The summed E-state index contributed by atoms with van der Waals surface area (Å²) < 4.78 is 5.34. The van der Waals surface area contributed by atoms with E-state index in [0.717, 1.165) is 10.5 Å². The quantitative estimate of drug-likeness (QED) is 0.0989. The Balaban J connectivity index is 1.95. The lowest BCUT2D eigenvalue weighted by Gasteiger charge is -2.24. The number of urea groups is 1. The molecular weight excluding hydrogens is 606 g/mol. The monoisotopic (exact) mass is 655 g/mol. The number of nitrogens with two attached hydrogens (primary N) is 1. The maximum atomic E-state index is 13.5. The van der Waals surface area contributed by atoms with Crippen molar-refractivity contribution in [2.45, 2.75) is 92.2 Å². The first kappa shape index (κ1) is 38.6. The number of carbonyl (C=O) groups is 7. The topological polar surface area (TPSA) is 194 Å². The number of benzene rings is 1. The third-order valence-corrected chi connectivity index (χ3v) is 7.57. The van der Waals surface area contributed by atoms with Crippen LogP contribution in [0.2, 0.25) is 0 Å². The van der Waals surface area contributed by atoms with Gasteiger partial charge in [-0.2, -0.15) is 0 Å². The van der Waals surface area contributed by atoms with Crippen LogP contribution in [0.1, 0.15) is 85.1 Å². The lowest BCUT2D eigenvalue weighted by molar-refractivity contribution is -0.154. The third-order valence-electron chi connectivity index (χ3n) is 7.57. The van der Waals surface area contributed by atoms with Crippen LogP contribution in [0, 0.1) is 17.3 Å². The molecule has 0 fully saturated rings. The molecule has 0 spiro atoms. The highest BCUT2D eigenvalue weighted by atomic mass is 16.5. The van der Waals surface area contributed by atoms with Crippen LogP contribution in [-0.2, 0) is 40.1 Å². The molecule has 1 aliphatic heterocycles. The standard InChI is InChI=1S/C34H49N5O8/c1-22(2)30(38-27(41)11-7-6-8-19-39-28(42)16-17-29(39)43)26(40)20-24(10-9-18-36-33(35)46)31(44)37-25-14-12-23(13-15-25)21-47-32(45)34(3,4)5/h12-17,22,24,30H,6-11,18-21H2,1-5H3,(H,37,44)(H,38,41)(H3,35,36,46)/t24-,30+/m1/s1. The molecule has 1 aromatic rings. The van der Waals surface area contributed by atoms with E-state index in [0.29, 0.717) is 31.4 Å². The van der Waals surface area contributed by atoms with Gasteiger partial charge >= 0.3 is 12.0 Å². The van der Waals surface area contributed by atoms with Crippen LogP contribution in [0.5, 0.6) is 0 Å². The van der Waals surface area contributed by atoms with Gasteiger partial charge in [0.25, 0.3) is 11.8 Å². The molecule has 1 heterocycles. The SMILES string of the molecule is CC(C)[C@H](NC(=O)CCCCCN1C(=O)C=CC1=O)C(=O)C[C@@H](CCCNC(N)=O)C(=O)Nc1ccc(COC(=O)C(C)(C)C)cc1. The number of primary amides is 1. The number of unbranched alkanes of at least 4 members (excludes halogenated alkanes) is 2. The second-order valence-electron chi connectivity index (χ2n) is 13.1. The molecule has 6 amide bonds. The summed E-state index contributed by atoms with van der Waals surface area (Å²) in [5, 5.41) is 8.14. The number of imide groups is 1. The van der Waals surface area contributed by atoms with E-state index in [2.05, 4.69) is 16.0 Å². The Hall–Kier alpha value is -4.55. The zero-order chi connectivity index (χ0) is 35.1. The smallest absolute Gasteiger partial charge is 0.312 e. The maximum absolute atomic E-state index is 13.5. The first-order chi connectivity index (χ1) is 22.1. The first-order valence-corrected chi connectivity index (χ1v) is 16.0. The summed E-state index contributed by atoms with van der Waals surface area (Å²) in [6, 6.07) is 5.34. The molecule has 1 aliphatic rings. The summed E-state index contributed by atoms with van der Waals surface area (Å²) in [6.07, 6.45) is 4.90. The number of anilines is 1. The second kappa shape index (κ2) is 18.6. The van der Waals surface area contributed by atoms with E-state index < -0.39 is 23.4 Å². The number of amides is 6. The maximum Gasteiger partial charge on any atom is 0.312 e. The van der Waals surface area contributed by atoms with Crippen molar-refractivity contribution in [2.24, 2.45) is 23.0 Å². The summed E-state index contributed by atoms with van der Waals surface area (Å²) in [6.45, 7) is 9.54. The van der Waals surface area contributed by atoms with Gasteiger partial charge in [-0.3, -0.25) is 33.7 Å². The number of carbonyl (C=O) groups excluding carboxylic acids is 7. The number of ketones is 1. The van der Waals surface area contributed by atoms with Crippen LogP contribution in [0.4, 0.5) is 10.5 Å². The van der Waals surface area contributed by atoms with Crippen LogP contribution >= 0.6 is 0 Å². The molecular formula is C34H49N5O8. The van der Waals surface area contributed by atoms with E-state index in [1.807, 2.05) is 13.8 Å². The highest BCUT2D eigenvalue weighted by Gasteiger charge is 2.30. The Labute approximate surface area is 276 Å². The van der Waals surface area contributed by atoms with Gasteiger partial charge in [-0.05, 0) is 70.1 Å². The fourth-order valence-corrected chi connectivity index (χ4v) is 4.80. The van der Waals surface area contributed by atoms with Gasteiger partial charge in [-0.15, -0.1) is 0 Å². The minimum Gasteiger partial charge on any atom is -0.460 e. The van der Waals surface area contributed by atoms with Crippen LogP contribution in [0.25, 0.3) is 0 Å². The summed E-state index contributed by atoms with van der Waals surface area (Å²) >= 11 is 0. The Morgan fingerprint density at radius 1 is 0.915 bits per heavy atom. The number of Topliss-reactive ketones (excluding diaryl/α,β-unsaturated/α-hetero) is 1. The highest BCUT2D eigenvalue weighted by Crippen LogP contribution is 2.21. The van der Waals surface area contributed by atoms with E-state index in [9.17, 15) is 33.6 Å². The predicted octanol–water partition coefficient (Wildman–Crippen LogP) is 3.36. The molecule has 2 rings (SSSR count). The molecule has 0 bridgehead atoms. The minimum absolute atomic E-state index is 0.0922. The average Bonchev–Trinajstić information content (AvgIpc) is 3.32. The number of nitrogens with one attached hydrogen (secondary N) is 3. The Bertz CT molecular complexity index is 1300. The molecule has 2 atom stereocenters. The van der Waals surface area contributed by atoms with Crippen LogP contribution < -0.4 is 21.7 Å². The molecule has 0 radical (unpaired) electrons. The van der Waals surface area contributed by atoms with Gasteiger partial charge in [0.05, 0.1) is 11.5 Å². The molecule has 5 N–H and O–H groups in total. The lowest BCUT2D eigenvalue weighted by Crippen LogP contribution is -2.45. The minimum atomic E-state index is -0.803. The van der Waals surface area contributed by atoms with Crippen LogP contribution in [-0.4, -0.2) is 65.4 Å². The predicted molar refractivity (Wildman–Crippen MR) is 175 cm³/mol. The van der Waals surface area contributed by atoms with Crippen molar-refractivity contribution < 1.29 is 38.3 Å². The zero-order valence-electron chi connectivity index (χ0n) is 28.1. The summed E-state index contributed by atoms with van der Waals surface area (Å²) in [4.78, 5) is 87.2. The van der Waals surface area contributed by atoms with Crippen molar-refractivity contribution in [1.82, 2.24) is 15.5 Å². The van der Waals surface area contributed by atoms with Crippen LogP contribution in [0.3, 0.4) is 0 Å². The average molecular weight is 656 g/mol. The van der Waals surface area contributed by atoms with Crippen molar-refractivity contribution in [1.29, 1.82) is 0 Å². The molecule has 13 heteroatoms. The first-order valence-electron chi connectivity index (χ1n) is 16.0. The largest absolute Gasteiger partial charge is 0.460 e. The van der Waals surface area contributed by atoms with Crippen molar-refractivity contribution >= 4 is 47.1 Å². The Kier molecular flexibility index (Phi) is 15.3. The van der Waals surface area contributed by atoms with Crippen LogP contribution in [0.15, 0.2) is 36.4 Å². The van der Waals surface area contributed by atoms with E-state index in [-0.39, 0.29) is 80.3 Å². The van der Waals surface area contributed by atoms with E-state index in [4.69, 9.17) is 10.5 Å². The van der Waals surface area contributed by atoms with E-state index in [1.165, 1.54) is 12.2 Å².